The number of rotatable bonds is 8. The van der Waals surface area contributed by atoms with Crippen LogP contribution < -0.4 is 4.74 Å². The smallest absolute Gasteiger partial charge is 0.127 e. The Hall–Kier alpha value is -1.41. The topological polar surface area (TPSA) is 9.23 Å². The van der Waals surface area contributed by atoms with Crippen molar-refractivity contribution >= 4 is 12.6 Å². The summed E-state index contributed by atoms with van der Waals surface area (Å²) >= 11 is 4.23. The molecule has 2 heteroatoms. The second kappa shape index (κ2) is 8.70. The van der Waals surface area contributed by atoms with E-state index in [-0.39, 0.29) is 0 Å². The van der Waals surface area contributed by atoms with Gasteiger partial charge in [0.15, 0.2) is 0 Å². The Kier molecular flexibility index (Phi) is 6.52. The van der Waals surface area contributed by atoms with Gasteiger partial charge in [-0.3, -0.25) is 0 Å². The first-order chi connectivity index (χ1) is 9.92. The van der Waals surface area contributed by atoms with Crippen molar-refractivity contribution in [1.29, 1.82) is 0 Å². The summed E-state index contributed by atoms with van der Waals surface area (Å²) in [6.45, 7) is 0.788. The van der Waals surface area contributed by atoms with Gasteiger partial charge in [-0.2, -0.15) is 12.6 Å². The highest BCUT2D eigenvalue weighted by atomic mass is 32.1. The fourth-order valence-electron chi connectivity index (χ4n) is 2.20. The SMILES string of the molecule is SCCCCCCOc1ccccc1-c1ccccc1. The van der Waals surface area contributed by atoms with E-state index < -0.39 is 0 Å². The average Bonchev–Trinajstić information content (AvgIpc) is 2.52. The van der Waals surface area contributed by atoms with E-state index in [9.17, 15) is 0 Å². The quantitative estimate of drug-likeness (QED) is 0.517. The van der Waals surface area contributed by atoms with Crippen LogP contribution in [0.15, 0.2) is 54.6 Å². The molecular formula is C18H22OS. The van der Waals surface area contributed by atoms with E-state index in [1.165, 1.54) is 30.4 Å². The highest BCUT2D eigenvalue weighted by molar-refractivity contribution is 7.80. The zero-order valence-corrected chi connectivity index (χ0v) is 12.7. The van der Waals surface area contributed by atoms with Gasteiger partial charge in [-0.1, -0.05) is 61.4 Å². The van der Waals surface area contributed by atoms with Gasteiger partial charge in [-0.05, 0) is 30.2 Å². The first kappa shape index (κ1) is 15.0. The van der Waals surface area contributed by atoms with Crippen LogP contribution in [0.1, 0.15) is 25.7 Å². The zero-order chi connectivity index (χ0) is 14.0. The Balaban J connectivity index is 1.92. The molecule has 0 unspecified atom stereocenters. The third-order valence-electron chi connectivity index (χ3n) is 3.28. The van der Waals surface area contributed by atoms with Crippen molar-refractivity contribution in [2.24, 2.45) is 0 Å². The van der Waals surface area contributed by atoms with Crippen molar-refractivity contribution < 1.29 is 4.74 Å². The van der Waals surface area contributed by atoms with Gasteiger partial charge in [0, 0.05) is 5.56 Å². The lowest BCUT2D eigenvalue weighted by atomic mass is 10.1. The highest BCUT2D eigenvalue weighted by Gasteiger charge is 2.04. The highest BCUT2D eigenvalue weighted by Crippen LogP contribution is 2.29. The number of hydrogen-bond acceptors (Lipinski definition) is 2. The van der Waals surface area contributed by atoms with E-state index >= 15 is 0 Å². The molecule has 0 saturated carbocycles. The lowest BCUT2D eigenvalue weighted by molar-refractivity contribution is 0.306. The van der Waals surface area contributed by atoms with Crippen LogP contribution >= 0.6 is 12.6 Å². The molecule has 0 atom stereocenters. The summed E-state index contributed by atoms with van der Waals surface area (Å²) in [5, 5.41) is 0. The van der Waals surface area contributed by atoms with Crippen molar-refractivity contribution in [3.8, 4) is 16.9 Å². The van der Waals surface area contributed by atoms with Crippen molar-refractivity contribution in [2.75, 3.05) is 12.4 Å². The Morgan fingerprint density at radius 2 is 1.45 bits per heavy atom. The Labute approximate surface area is 127 Å². The summed E-state index contributed by atoms with van der Waals surface area (Å²) in [6, 6.07) is 18.7. The largest absolute Gasteiger partial charge is 0.493 e. The first-order valence-corrected chi connectivity index (χ1v) is 7.93. The normalized spacial score (nSPS) is 10.4. The van der Waals surface area contributed by atoms with Crippen molar-refractivity contribution in [2.45, 2.75) is 25.7 Å². The fraction of sp³-hybridized carbons (Fsp3) is 0.333. The molecule has 0 aromatic heterocycles. The molecule has 2 rings (SSSR count). The minimum Gasteiger partial charge on any atom is -0.493 e. The molecule has 0 N–H and O–H groups in total. The van der Waals surface area contributed by atoms with E-state index in [4.69, 9.17) is 4.74 Å². The minimum absolute atomic E-state index is 0.788. The lowest BCUT2D eigenvalue weighted by Crippen LogP contribution is -1.98. The van der Waals surface area contributed by atoms with Gasteiger partial charge in [-0.25, -0.2) is 0 Å². The number of benzene rings is 2. The Bertz CT molecular complexity index is 496. The number of unbranched alkanes of at least 4 members (excludes halogenated alkanes) is 3. The molecule has 0 fully saturated rings. The van der Waals surface area contributed by atoms with Crippen LogP contribution in [0.25, 0.3) is 11.1 Å². The summed E-state index contributed by atoms with van der Waals surface area (Å²) in [7, 11) is 0. The van der Waals surface area contributed by atoms with Gasteiger partial charge in [0.2, 0.25) is 0 Å². The first-order valence-electron chi connectivity index (χ1n) is 7.30. The third-order valence-corrected chi connectivity index (χ3v) is 3.60. The monoisotopic (exact) mass is 286 g/mol. The maximum atomic E-state index is 5.95. The summed E-state index contributed by atoms with van der Waals surface area (Å²) in [5.74, 6) is 1.96. The second-order valence-electron chi connectivity index (χ2n) is 4.85. The number of thiol groups is 1. The van der Waals surface area contributed by atoms with Crippen LogP contribution in [-0.2, 0) is 0 Å². The van der Waals surface area contributed by atoms with Crippen LogP contribution in [0, 0.1) is 0 Å². The van der Waals surface area contributed by atoms with Gasteiger partial charge < -0.3 is 4.74 Å². The second-order valence-corrected chi connectivity index (χ2v) is 5.30. The van der Waals surface area contributed by atoms with E-state index in [0.717, 1.165) is 24.5 Å². The summed E-state index contributed by atoms with van der Waals surface area (Å²) in [5.41, 5.74) is 2.38. The van der Waals surface area contributed by atoms with Crippen LogP contribution in [0.5, 0.6) is 5.75 Å². The zero-order valence-electron chi connectivity index (χ0n) is 11.8. The van der Waals surface area contributed by atoms with Crippen molar-refractivity contribution in [3.63, 3.8) is 0 Å². The summed E-state index contributed by atoms with van der Waals surface area (Å²) < 4.78 is 5.95. The van der Waals surface area contributed by atoms with Crippen LogP contribution in [0.4, 0.5) is 0 Å². The molecule has 2 aromatic carbocycles. The number of ether oxygens (including phenoxy) is 1. The summed E-state index contributed by atoms with van der Waals surface area (Å²) in [4.78, 5) is 0. The van der Waals surface area contributed by atoms with E-state index in [0.29, 0.717) is 0 Å². The molecule has 0 saturated heterocycles. The molecule has 0 aliphatic heterocycles. The predicted molar refractivity (Wildman–Crippen MR) is 89.7 cm³/mol. The standard InChI is InChI=1S/C18H22OS/c20-15-9-2-1-8-14-19-18-13-7-6-12-17(18)16-10-4-3-5-11-16/h3-7,10-13,20H,1-2,8-9,14-15H2. The van der Waals surface area contributed by atoms with Gasteiger partial charge in [0.1, 0.15) is 5.75 Å². The van der Waals surface area contributed by atoms with Crippen LogP contribution in [0.3, 0.4) is 0 Å². The lowest BCUT2D eigenvalue weighted by Gasteiger charge is -2.11. The molecule has 0 bridgehead atoms. The van der Waals surface area contributed by atoms with Crippen LogP contribution in [-0.4, -0.2) is 12.4 Å². The molecule has 1 nitrogen and oxygen atoms in total. The Morgan fingerprint density at radius 1 is 0.750 bits per heavy atom. The van der Waals surface area contributed by atoms with Gasteiger partial charge in [0.25, 0.3) is 0 Å². The maximum absolute atomic E-state index is 5.95. The van der Waals surface area contributed by atoms with Crippen molar-refractivity contribution in [1.82, 2.24) is 0 Å². The average molecular weight is 286 g/mol. The molecule has 106 valence electrons. The molecule has 0 heterocycles. The summed E-state index contributed by atoms with van der Waals surface area (Å²) in [6.07, 6.45) is 4.77. The molecule has 20 heavy (non-hydrogen) atoms. The maximum Gasteiger partial charge on any atom is 0.127 e. The number of hydrogen-bond donors (Lipinski definition) is 1. The third kappa shape index (κ3) is 4.61. The molecule has 0 amide bonds. The molecule has 0 aliphatic carbocycles. The Morgan fingerprint density at radius 3 is 2.25 bits per heavy atom. The van der Waals surface area contributed by atoms with Crippen molar-refractivity contribution in [3.05, 3.63) is 54.6 Å². The predicted octanol–water partition coefficient (Wildman–Crippen LogP) is 5.22. The molecule has 0 radical (unpaired) electrons. The minimum atomic E-state index is 0.788. The molecular weight excluding hydrogens is 264 g/mol. The van der Waals surface area contributed by atoms with E-state index in [1.807, 2.05) is 12.1 Å². The van der Waals surface area contributed by atoms with E-state index in [2.05, 4.69) is 55.1 Å². The fourth-order valence-corrected chi connectivity index (χ4v) is 2.42. The van der Waals surface area contributed by atoms with Gasteiger partial charge in [0.05, 0.1) is 6.61 Å². The number of para-hydroxylation sites is 1. The van der Waals surface area contributed by atoms with E-state index in [1.54, 1.807) is 0 Å². The molecule has 0 spiro atoms. The van der Waals surface area contributed by atoms with Crippen LogP contribution in [0.2, 0.25) is 0 Å². The van der Waals surface area contributed by atoms with Gasteiger partial charge in [-0.15, -0.1) is 0 Å². The molecule has 2 aromatic rings. The van der Waals surface area contributed by atoms with Gasteiger partial charge >= 0.3 is 0 Å². The molecule has 0 aliphatic rings.